The van der Waals surface area contributed by atoms with Crippen LogP contribution in [-0.2, 0) is 0 Å². The molecule has 1 unspecified atom stereocenters. The summed E-state index contributed by atoms with van der Waals surface area (Å²) in [4.78, 5) is 0. The fourth-order valence-electron chi connectivity index (χ4n) is 2.56. The Morgan fingerprint density at radius 2 is 1.94 bits per heavy atom. The van der Waals surface area contributed by atoms with Crippen LogP contribution in [0.1, 0.15) is 45.1 Å². The SMILES string of the molecule is CC1=CCC(C)(C)CC1c1ccccc1N. The van der Waals surface area contributed by atoms with Crippen molar-refractivity contribution in [1.82, 2.24) is 0 Å². The van der Waals surface area contributed by atoms with Gasteiger partial charge in [-0.25, -0.2) is 0 Å². The average molecular weight is 215 g/mol. The number of hydrogen-bond donors (Lipinski definition) is 1. The summed E-state index contributed by atoms with van der Waals surface area (Å²) in [6, 6.07) is 8.26. The van der Waals surface area contributed by atoms with Crippen LogP contribution in [0.5, 0.6) is 0 Å². The molecule has 0 amide bonds. The third-order valence-electron chi connectivity index (χ3n) is 3.65. The second-order valence-electron chi connectivity index (χ2n) is 5.70. The minimum absolute atomic E-state index is 0.395. The number of rotatable bonds is 1. The third-order valence-corrected chi connectivity index (χ3v) is 3.65. The molecule has 0 heterocycles. The highest BCUT2D eigenvalue weighted by Gasteiger charge is 2.29. The summed E-state index contributed by atoms with van der Waals surface area (Å²) < 4.78 is 0. The van der Waals surface area contributed by atoms with E-state index in [1.54, 1.807) is 0 Å². The van der Waals surface area contributed by atoms with Crippen molar-refractivity contribution in [2.45, 2.75) is 39.5 Å². The molecular weight excluding hydrogens is 194 g/mol. The van der Waals surface area contributed by atoms with Crippen LogP contribution in [0, 0.1) is 5.41 Å². The largest absolute Gasteiger partial charge is 0.398 e. The third kappa shape index (κ3) is 2.13. The van der Waals surface area contributed by atoms with Gasteiger partial charge in [0.2, 0.25) is 0 Å². The Bertz CT molecular complexity index is 415. The minimum Gasteiger partial charge on any atom is -0.398 e. The zero-order valence-corrected chi connectivity index (χ0v) is 10.5. The molecule has 1 aromatic carbocycles. The predicted octanol–water partition coefficient (Wildman–Crippen LogP) is 4.12. The second-order valence-corrected chi connectivity index (χ2v) is 5.70. The van der Waals surface area contributed by atoms with Crippen molar-refractivity contribution in [3.8, 4) is 0 Å². The Labute approximate surface area is 98.4 Å². The van der Waals surface area contributed by atoms with Gasteiger partial charge in [-0.3, -0.25) is 0 Å². The van der Waals surface area contributed by atoms with Gasteiger partial charge < -0.3 is 5.73 Å². The molecule has 1 nitrogen and oxygen atoms in total. The van der Waals surface area contributed by atoms with Crippen molar-refractivity contribution < 1.29 is 0 Å². The maximum atomic E-state index is 6.07. The Morgan fingerprint density at radius 3 is 2.62 bits per heavy atom. The predicted molar refractivity (Wildman–Crippen MR) is 70.4 cm³/mol. The minimum atomic E-state index is 0.395. The molecular formula is C15H21N. The van der Waals surface area contributed by atoms with Gasteiger partial charge in [0.15, 0.2) is 0 Å². The molecule has 0 bridgehead atoms. The van der Waals surface area contributed by atoms with E-state index in [1.165, 1.54) is 24.0 Å². The van der Waals surface area contributed by atoms with E-state index in [-0.39, 0.29) is 0 Å². The molecule has 2 N–H and O–H groups in total. The summed E-state index contributed by atoms with van der Waals surface area (Å²) in [6.07, 6.45) is 4.76. The molecule has 0 saturated heterocycles. The lowest BCUT2D eigenvalue weighted by Gasteiger charge is -2.35. The number of hydrogen-bond acceptors (Lipinski definition) is 1. The van der Waals surface area contributed by atoms with Gasteiger partial charge in [-0.15, -0.1) is 0 Å². The number of anilines is 1. The highest BCUT2D eigenvalue weighted by molar-refractivity contribution is 5.51. The van der Waals surface area contributed by atoms with E-state index in [0.29, 0.717) is 11.3 Å². The topological polar surface area (TPSA) is 26.0 Å². The van der Waals surface area contributed by atoms with Crippen LogP contribution in [0.25, 0.3) is 0 Å². The zero-order valence-electron chi connectivity index (χ0n) is 10.5. The van der Waals surface area contributed by atoms with Crippen LogP contribution < -0.4 is 5.73 Å². The van der Waals surface area contributed by atoms with Crippen LogP contribution in [-0.4, -0.2) is 0 Å². The fourth-order valence-corrected chi connectivity index (χ4v) is 2.56. The summed E-state index contributed by atoms with van der Waals surface area (Å²) >= 11 is 0. The average Bonchev–Trinajstić information content (AvgIpc) is 2.23. The first-order valence-corrected chi connectivity index (χ1v) is 6.01. The molecule has 0 aromatic heterocycles. The van der Waals surface area contributed by atoms with Crippen LogP contribution in [0.15, 0.2) is 35.9 Å². The van der Waals surface area contributed by atoms with E-state index in [2.05, 4.69) is 39.0 Å². The smallest absolute Gasteiger partial charge is 0.0352 e. The number of allylic oxidation sites excluding steroid dienone is 2. The van der Waals surface area contributed by atoms with Gasteiger partial charge in [0.05, 0.1) is 0 Å². The maximum absolute atomic E-state index is 6.07. The van der Waals surface area contributed by atoms with Gasteiger partial charge in [0, 0.05) is 11.6 Å². The van der Waals surface area contributed by atoms with Crippen LogP contribution in [0.3, 0.4) is 0 Å². The Morgan fingerprint density at radius 1 is 1.25 bits per heavy atom. The Kier molecular flexibility index (Phi) is 2.79. The zero-order chi connectivity index (χ0) is 11.8. The number of para-hydroxylation sites is 1. The Hall–Kier alpha value is -1.24. The van der Waals surface area contributed by atoms with Crippen molar-refractivity contribution in [1.29, 1.82) is 0 Å². The van der Waals surface area contributed by atoms with Crippen LogP contribution in [0.4, 0.5) is 5.69 Å². The molecule has 86 valence electrons. The molecule has 0 spiro atoms. The van der Waals surface area contributed by atoms with Crippen molar-refractivity contribution in [3.63, 3.8) is 0 Å². The van der Waals surface area contributed by atoms with E-state index in [4.69, 9.17) is 5.73 Å². The molecule has 0 radical (unpaired) electrons. The van der Waals surface area contributed by atoms with Gasteiger partial charge in [0.25, 0.3) is 0 Å². The van der Waals surface area contributed by atoms with E-state index < -0.39 is 0 Å². The number of nitrogen functional groups attached to an aromatic ring is 1. The quantitative estimate of drug-likeness (QED) is 0.553. The standard InChI is InChI=1S/C15H21N/c1-11-8-9-15(2,3)10-13(11)12-6-4-5-7-14(12)16/h4-8,13H,9-10,16H2,1-3H3. The van der Waals surface area contributed by atoms with E-state index in [0.717, 1.165) is 5.69 Å². The maximum Gasteiger partial charge on any atom is 0.0352 e. The molecule has 0 saturated carbocycles. The monoisotopic (exact) mass is 215 g/mol. The van der Waals surface area contributed by atoms with Gasteiger partial charge in [-0.05, 0) is 36.8 Å². The van der Waals surface area contributed by atoms with E-state index in [1.807, 2.05) is 12.1 Å². The highest BCUT2D eigenvalue weighted by atomic mass is 14.6. The molecule has 0 aliphatic heterocycles. The first kappa shape index (κ1) is 11.3. The van der Waals surface area contributed by atoms with Crippen molar-refractivity contribution in [2.24, 2.45) is 5.41 Å². The fraction of sp³-hybridized carbons (Fsp3) is 0.467. The van der Waals surface area contributed by atoms with Crippen LogP contribution >= 0.6 is 0 Å². The first-order chi connectivity index (χ1) is 7.49. The Balaban J connectivity index is 2.37. The van der Waals surface area contributed by atoms with Gasteiger partial charge in [-0.2, -0.15) is 0 Å². The molecule has 16 heavy (non-hydrogen) atoms. The summed E-state index contributed by atoms with van der Waals surface area (Å²) in [6.45, 7) is 6.90. The van der Waals surface area contributed by atoms with Crippen LogP contribution in [0.2, 0.25) is 0 Å². The summed E-state index contributed by atoms with van der Waals surface area (Å²) in [5.41, 5.74) is 10.2. The van der Waals surface area contributed by atoms with Crippen molar-refractivity contribution in [3.05, 3.63) is 41.5 Å². The van der Waals surface area contributed by atoms with Gasteiger partial charge in [-0.1, -0.05) is 43.7 Å². The molecule has 1 aliphatic carbocycles. The lowest BCUT2D eigenvalue weighted by atomic mass is 9.70. The molecule has 0 fully saturated rings. The van der Waals surface area contributed by atoms with E-state index >= 15 is 0 Å². The van der Waals surface area contributed by atoms with Gasteiger partial charge in [0.1, 0.15) is 0 Å². The van der Waals surface area contributed by atoms with Crippen molar-refractivity contribution in [2.75, 3.05) is 5.73 Å². The lowest BCUT2D eigenvalue weighted by Crippen LogP contribution is -2.21. The number of benzene rings is 1. The molecule has 2 rings (SSSR count). The summed E-state index contributed by atoms with van der Waals surface area (Å²) in [5.74, 6) is 0.505. The van der Waals surface area contributed by atoms with Crippen molar-refractivity contribution >= 4 is 5.69 Å². The number of nitrogens with two attached hydrogens (primary N) is 1. The molecule has 1 atom stereocenters. The second kappa shape index (κ2) is 3.97. The lowest BCUT2D eigenvalue weighted by molar-refractivity contribution is 0.304. The molecule has 1 aromatic rings. The summed E-state index contributed by atoms with van der Waals surface area (Å²) in [5, 5.41) is 0. The van der Waals surface area contributed by atoms with Gasteiger partial charge >= 0.3 is 0 Å². The summed E-state index contributed by atoms with van der Waals surface area (Å²) in [7, 11) is 0. The van der Waals surface area contributed by atoms with E-state index in [9.17, 15) is 0 Å². The highest BCUT2D eigenvalue weighted by Crippen LogP contribution is 2.44. The molecule has 1 aliphatic rings. The molecule has 1 heteroatoms. The normalized spacial score (nSPS) is 23.9. The first-order valence-electron chi connectivity index (χ1n) is 6.01.